The van der Waals surface area contributed by atoms with Crippen molar-refractivity contribution in [2.45, 2.75) is 25.1 Å². The summed E-state index contributed by atoms with van der Waals surface area (Å²) in [5.41, 5.74) is 0.0634. The summed E-state index contributed by atoms with van der Waals surface area (Å²) in [6.45, 7) is 3.96. The highest BCUT2D eigenvalue weighted by molar-refractivity contribution is 7.12. The van der Waals surface area contributed by atoms with Gasteiger partial charge in [0.25, 0.3) is 0 Å². The summed E-state index contributed by atoms with van der Waals surface area (Å²) in [4.78, 5) is 32.2. The summed E-state index contributed by atoms with van der Waals surface area (Å²) in [5, 5.41) is 20.7. The van der Waals surface area contributed by atoms with Crippen molar-refractivity contribution in [2.24, 2.45) is 0 Å². The Labute approximate surface area is 196 Å². The van der Waals surface area contributed by atoms with Crippen molar-refractivity contribution in [2.75, 3.05) is 33.2 Å². The second-order valence-corrected chi connectivity index (χ2v) is 9.40. The van der Waals surface area contributed by atoms with E-state index in [1.54, 1.807) is 18.0 Å². The molecule has 4 rings (SSSR count). The lowest BCUT2D eigenvalue weighted by molar-refractivity contribution is -0.138. The fourth-order valence-electron chi connectivity index (χ4n) is 4.31. The molecule has 0 spiro atoms. The van der Waals surface area contributed by atoms with Gasteiger partial charge in [0.1, 0.15) is 23.6 Å². The number of ether oxygens (including phenoxy) is 1. The average Bonchev–Trinajstić information content (AvgIpc) is 3.33. The number of amides is 2. The number of nitrogens with one attached hydrogen (secondary N) is 2. The second kappa shape index (κ2) is 9.21. The molecular weight excluding hydrogens is 440 g/mol. The van der Waals surface area contributed by atoms with Crippen LogP contribution in [0.25, 0.3) is 0 Å². The van der Waals surface area contributed by atoms with Crippen LogP contribution in [0.5, 0.6) is 0 Å². The van der Waals surface area contributed by atoms with Crippen LogP contribution in [-0.2, 0) is 21.7 Å². The lowest BCUT2D eigenvalue weighted by atomic mass is 9.85. The Morgan fingerprint density at radius 3 is 2.58 bits per heavy atom. The highest BCUT2D eigenvalue weighted by Crippen LogP contribution is 2.36. The molecule has 172 valence electrons. The molecule has 0 aliphatic carbocycles. The first kappa shape index (κ1) is 22.8. The Balaban J connectivity index is 1.46. The van der Waals surface area contributed by atoms with E-state index >= 15 is 0 Å². The fourth-order valence-corrected chi connectivity index (χ4v) is 5.24. The summed E-state index contributed by atoms with van der Waals surface area (Å²) in [7, 11) is 1.58. The van der Waals surface area contributed by atoms with Gasteiger partial charge in [-0.3, -0.25) is 20.0 Å². The summed E-state index contributed by atoms with van der Waals surface area (Å²) < 4.78 is 5.45. The minimum Gasteiger partial charge on any atom is -0.445 e. The third-order valence-corrected chi connectivity index (χ3v) is 7.42. The number of benzene rings is 1. The maximum Gasteiger partial charge on any atom is 0.410 e. The van der Waals surface area contributed by atoms with E-state index in [1.807, 2.05) is 48.2 Å². The van der Waals surface area contributed by atoms with Crippen LogP contribution in [0.2, 0.25) is 0 Å². The Kier molecular flexibility index (Phi) is 6.35. The minimum atomic E-state index is -0.865. The van der Waals surface area contributed by atoms with E-state index in [-0.39, 0.29) is 24.6 Å². The first-order valence-corrected chi connectivity index (χ1v) is 11.5. The van der Waals surface area contributed by atoms with Crippen molar-refractivity contribution in [3.05, 3.63) is 57.8 Å². The predicted molar refractivity (Wildman–Crippen MR) is 124 cm³/mol. The Morgan fingerprint density at radius 2 is 1.94 bits per heavy atom. The van der Waals surface area contributed by atoms with Gasteiger partial charge in [0.2, 0.25) is 5.91 Å². The number of guanidine groups is 1. The molecule has 2 atom stereocenters. The molecule has 0 radical (unpaired) electrons. The van der Waals surface area contributed by atoms with Crippen molar-refractivity contribution in [1.29, 1.82) is 10.7 Å². The topological polar surface area (TPSA) is 113 Å². The molecule has 0 saturated carbocycles. The van der Waals surface area contributed by atoms with Crippen molar-refractivity contribution < 1.29 is 14.3 Å². The first-order valence-electron chi connectivity index (χ1n) is 10.7. The molecule has 1 aromatic carbocycles. The van der Waals surface area contributed by atoms with E-state index in [0.29, 0.717) is 31.1 Å². The number of hydrogen-bond acceptors (Lipinski definition) is 7. The van der Waals surface area contributed by atoms with Crippen molar-refractivity contribution in [3.8, 4) is 6.07 Å². The molecule has 1 unspecified atom stereocenters. The molecule has 2 aliphatic rings. The van der Waals surface area contributed by atoms with Gasteiger partial charge in [-0.2, -0.15) is 5.26 Å². The maximum atomic E-state index is 13.3. The van der Waals surface area contributed by atoms with Crippen molar-refractivity contribution in [1.82, 2.24) is 20.0 Å². The molecule has 10 heteroatoms. The van der Waals surface area contributed by atoms with Gasteiger partial charge in [-0.05, 0) is 24.6 Å². The number of carbonyl (C=O) groups excluding carboxylic acids is 2. The van der Waals surface area contributed by atoms with Gasteiger partial charge < -0.3 is 15.0 Å². The van der Waals surface area contributed by atoms with Crippen molar-refractivity contribution >= 4 is 29.3 Å². The molecule has 2 N–H and O–H groups in total. The lowest BCUT2D eigenvalue weighted by Gasteiger charge is -2.50. The number of hydrogen-bond donors (Lipinski definition) is 2. The standard InChI is InChI=1S/C23H26N6O3S/c1-23(18-9-8-17(14-24)33-18)19(20(30)27(2)21(25)26-23)28-10-12-29(13-11-28)22(31)32-15-16-6-4-3-5-7-16/h3-9,19H,10-13,15H2,1-2H3,(H2,25,26)/t19?,23-/m1/s1. The van der Waals surface area contributed by atoms with Crippen LogP contribution >= 0.6 is 11.3 Å². The number of nitriles is 1. The molecule has 2 aromatic rings. The summed E-state index contributed by atoms with van der Waals surface area (Å²) in [6, 6.07) is 14.7. The highest BCUT2D eigenvalue weighted by Gasteiger charge is 2.51. The normalized spacial score (nSPS) is 23.7. The molecule has 3 heterocycles. The van der Waals surface area contributed by atoms with Crippen LogP contribution < -0.4 is 5.32 Å². The zero-order valence-electron chi connectivity index (χ0n) is 18.6. The van der Waals surface area contributed by atoms with E-state index in [9.17, 15) is 14.9 Å². The molecule has 2 aliphatic heterocycles. The maximum absolute atomic E-state index is 13.3. The number of piperazine rings is 1. The SMILES string of the molecule is CN1C(=N)N[C@](C)(c2ccc(C#N)s2)C(N2CCN(C(=O)OCc3ccccc3)CC2)C1=O. The third-order valence-electron chi connectivity index (χ3n) is 6.20. The average molecular weight is 467 g/mol. The van der Waals surface area contributed by atoms with Gasteiger partial charge in [0, 0.05) is 38.1 Å². The van der Waals surface area contributed by atoms with E-state index in [2.05, 4.69) is 11.4 Å². The van der Waals surface area contributed by atoms with Crippen LogP contribution in [0.1, 0.15) is 22.2 Å². The molecule has 1 aromatic heterocycles. The first-order chi connectivity index (χ1) is 15.8. The number of likely N-dealkylation sites (N-methyl/N-ethyl adjacent to an activating group) is 1. The molecule has 0 bridgehead atoms. The zero-order valence-corrected chi connectivity index (χ0v) is 19.4. The second-order valence-electron chi connectivity index (χ2n) is 8.31. The number of rotatable bonds is 4. The molecule has 33 heavy (non-hydrogen) atoms. The van der Waals surface area contributed by atoms with Gasteiger partial charge in [-0.25, -0.2) is 4.79 Å². The van der Waals surface area contributed by atoms with Gasteiger partial charge in [-0.15, -0.1) is 11.3 Å². The van der Waals surface area contributed by atoms with E-state index < -0.39 is 11.6 Å². The lowest BCUT2D eigenvalue weighted by Crippen LogP contribution is -2.72. The van der Waals surface area contributed by atoms with Gasteiger partial charge in [-0.1, -0.05) is 30.3 Å². The number of thiophene rings is 1. The Hall–Kier alpha value is -3.42. The zero-order chi connectivity index (χ0) is 23.6. The van der Waals surface area contributed by atoms with Crippen LogP contribution in [0.4, 0.5) is 4.79 Å². The van der Waals surface area contributed by atoms with Crippen LogP contribution in [0, 0.1) is 16.7 Å². The summed E-state index contributed by atoms with van der Waals surface area (Å²) in [5.74, 6) is -0.165. The molecule has 2 amide bonds. The highest BCUT2D eigenvalue weighted by atomic mass is 32.1. The quantitative estimate of drug-likeness (QED) is 0.714. The van der Waals surface area contributed by atoms with Crippen molar-refractivity contribution in [3.63, 3.8) is 0 Å². The summed E-state index contributed by atoms with van der Waals surface area (Å²) in [6.07, 6.45) is -0.370. The largest absolute Gasteiger partial charge is 0.445 e. The molecule has 9 nitrogen and oxygen atoms in total. The van der Waals surface area contributed by atoms with Gasteiger partial charge in [0.05, 0.1) is 5.54 Å². The Bertz CT molecular complexity index is 1090. The Morgan fingerprint density at radius 1 is 1.24 bits per heavy atom. The molecule has 2 saturated heterocycles. The van der Waals surface area contributed by atoms with Crippen LogP contribution in [0.15, 0.2) is 42.5 Å². The minimum absolute atomic E-state index is 0.0220. The van der Waals surface area contributed by atoms with Gasteiger partial charge in [0.15, 0.2) is 5.96 Å². The molecule has 2 fully saturated rings. The van der Waals surface area contributed by atoms with E-state index in [1.165, 1.54) is 16.2 Å². The monoisotopic (exact) mass is 466 g/mol. The van der Waals surface area contributed by atoms with Crippen LogP contribution in [0.3, 0.4) is 0 Å². The van der Waals surface area contributed by atoms with Crippen LogP contribution in [-0.4, -0.2) is 71.9 Å². The van der Waals surface area contributed by atoms with Gasteiger partial charge >= 0.3 is 6.09 Å². The van der Waals surface area contributed by atoms with E-state index in [0.717, 1.165) is 10.4 Å². The summed E-state index contributed by atoms with van der Waals surface area (Å²) >= 11 is 1.32. The fraction of sp³-hybridized carbons (Fsp3) is 0.391. The number of carbonyl (C=O) groups is 2. The third kappa shape index (κ3) is 4.42. The predicted octanol–water partition coefficient (Wildman–Crippen LogP) is 2.15. The number of nitrogens with zero attached hydrogens (tertiary/aromatic N) is 4. The molecular formula is C23H26N6O3S. The van der Waals surface area contributed by atoms with E-state index in [4.69, 9.17) is 10.1 Å². The smallest absolute Gasteiger partial charge is 0.410 e.